The number of fused-ring (bicyclic) bond motifs is 2. The maximum absolute atomic E-state index is 4.65. The highest BCUT2D eigenvalue weighted by Crippen LogP contribution is 2.37. The maximum Gasteiger partial charge on any atom is 0.0508 e. The smallest absolute Gasteiger partial charge is 0.0508 e. The molecule has 0 spiro atoms. The third-order valence-corrected chi connectivity index (χ3v) is 5.50. The molecule has 0 aliphatic heterocycles. The quantitative estimate of drug-likeness (QED) is 0.614. The monoisotopic (exact) mass is 379 g/mol. The number of aryl methyl sites for hydroxylation is 2. The van der Waals surface area contributed by atoms with Crippen molar-refractivity contribution in [2.45, 2.75) is 32.6 Å². The molecule has 0 fully saturated rings. The molecule has 0 amide bonds. The number of hydrogen-bond acceptors (Lipinski definition) is 1. The van der Waals surface area contributed by atoms with E-state index in [4.69, 9.17) is 0 Å². The van der Waals surface area contributed by atoms with Crippen LogP contribution in [-0.4, -0.2) is 4.98 Å². The van der Waals surface area contributed by atoms with Crippen molar-refractivity contribution in [1.29, 1.82) is 0 Å². The fraction of sp³-hybridized carbons (Fsp3) is 0.312. The van der Waals surface area contributed by atoms with Gasteiger partial charge in [-0.3, -0.25) is 4.98 Å². The van der Waals surface area contributed by atoms with E-state index in [-0.39, 0.29) is 0 Å². The summed E-state index contributed by atoms with van der Waals surface area (Å²) in [5, 5.41) is 0. The average molecular weight is 381 g/mol. The molecule has 3 heteroatoms. The number of rotatable bonds is 0. The summed E-state index contributed by atoms with van der Waals surface area (Å²) in [7, 11) is 0. The van der Waals surface area contributed by atoms with Crippen LogP contribution in [0.25, 0.3) is 0 Å². The lowest BCUT2D eigenvalue weighted by atomic mass is 9.92. The predicted octanol–water partition coefficient (Wildman–Crippen LogP) is 5.17. The van der Waals surface area contributed by atoms with Crippen LogP contribution in [0.15, 0.2) is 33.3 Å². The van der Waals surface area contributed by atoms with Crippen LogP contribution in [0.2, 0.25) is 0 Å². The summed E-state index contributed by atoms with van der Waals surface area (Å²) in [5.74, 6) is 0.359. The first-order valence-corrected chi connectivity index (χ1v) is 8.08. The molecule has 1 aliphatic carbocycles. The van der Waals surface area contributed by atoms with Crippen LogP contribution in [0.4, 0.5) is 0 Å². The Labute approximate surface area is 130 Å². The lowest BCUT2D eigenvalue weighted by Gasteiger charge is -2.16. The normalized spacial score (nSPS) is 17.6. The Balaban J connectivity index is 2.19. The Morgan fingerprint density at radius 2 is 2.00 bits per heavy atom. The second-order valence-electron chi connectivity index (χ2n) is 5.18. The number of pyridine rings is 1. The molecule has 3 rings (SSSR count). The van der Waals surface area contributed by atoms with Crippen molar-refractivity contribution in [3.8, 4) is 0 Å². The van der Waals surface area contributed by atoms with Crippen molar-refractivity contribution >= 4 is 31.9 Å². The van der Waals surface area contributed by atoms with Gasteiger partial charge < -0.3 is 0 Å². The highest BCUT2D eigenvalue weighted by atomic mass is 79.9. The first-order valence-electron chi connectivity index (χ1n) is 6.50. The number of nitrogens with zero attached hydrogens (tertiary/aromatic N) is 1. The molecule has 0 saturated carbocycles. The number of aromatic nitrogens is 1. The van der Waals surface area contributed by atoms with E-state index in [9.17, 15) is 0 Å². The van der Waals surface area contributed by atoms with Crippen LogP contribution in [0.3, 0.4) is 0 Å². The molecule has 0 unspecified atom stereocenters. The largest absolute Gasteiger partial charge is 0.259 e. The van der Waals surface area contributed by atoms with Crippen molar-refractivity contribution < 1.29 is 0 Å². The summed E-state index contributed by atoms with van der Waals surface area (Å²) < 4.78 is 2.34. The number of benzene rings is 1. The standard InChI is InChI=1S/C16H15Br2N/c1-9-3-5-13-10(2)16-11(7-12(17)8-19-16)4-6-14(13)15(9)18/h3,5,7-8,10H,4,6H2,1-2H3/t10-/m0/s1. The van der Waals surface area contributed by atoms with E-state index in [2.05, 4.69) is 68.9 Å². The minimum Gasteiger partial charge on any atom is -0.259 e. The molecule has 1 atom stereocenters. The molecule has 0 bridgehead atoms. The van der Waals surface area contributed by atoms with Crippen molar-refractivity contribution in [3.63, 3.8) is 0 Å². The maximum atomic E-state index is 4.65. The van der Waals surface area contributed by atoms with Gasteiger partial charge in [-0.2, -0.15) is 0 Å². The molecule has 1 aromatic heterocycles. The van der Waals surface area contributed by atoms with E-state index in [1.807, 2.05) is 6.20 Å². The van der Waals surface area contributed by atoms with Crippen LogP contribution < -0.4 is 0 Å². The van der Waals surface area contributed by atoms with Crippen LogP contribution in [0.1, 0.15) is 40.8 Å². The zero-order valence-electron chi connectivity index (χ0n) is 11.0. The summed E-state index contributed by atoms with van der Waals surface area (Å²) in [6, 6.07) is 6.67. The van der Waals surface area contributed by atoms with Gasteiger partial charge in [-0.25, -0.2) is 0 Å². The topological polar surface area (TPSA) is 12.9 Å². The molecule has 0 radical (unpaired) electrons. The summed E-state index contributed by atoms with van der Waals surface area (Å²) in [5.41, 5.74) is 6.75. The molecule has 0 N–H and O–H groups in total. The molecule has 98 valence electrons. The van der Waals surface area contributed by atoms with Crippen LogP contribution >= 0.6 is 31.9 Å². The van der Waals surface area contributed by atoms with E-state index in [1.54, 1.807) is 0 Å². The van der Waals surface area contributed by atoms with Crippen molar-refractivity contribution in [1.82, 2.24) is 4.98 Å². The summed E-state index contributed by atoms with van der Waals surface area (Å²) >= 11 is 7.28. The first-order chi connectivity index (χ1) is 9.08. The lowest BCUT2D eigenvalue weighted by molar-refractivity contribution is 0.857. The molecule has 2 aromatic rings. The summed E-state index contributed by atoms with van der Waals surface area (Å²) in [4.78, 5) is 4.65. The minimum atomic E-state index is 0.359. The Bertz CT molecular complexity index is 649. The second-order valence-corrected chi connectivity index (χ2v) is 6.89. The van der Waals surface area contributed by atoms with E-state index in [0.717, 1.165) is 17.3 Å². The van der Waals surface area contributed by atoms with Gasteiger partial charge in [0.1, 0.15) is 0 Å². The van der Waals surface area contributed by atoms with E-state index in [1.165, 1.54) is 32.4 Å². The molecule has 1 heterocycles. The van der Waals surface area contributed by atoms with Crippen molar-refractivity contribution in [2.75, 3.05) is 0 Å². The van der Waals surface area contributed by atoms with Crippen molar-refractivity contribution in [2.24, 2.45) is 0 Å². The molecule has 1 aliphatic rings. The minimum absolute atomic E-state index is 0.359. The van der Waals surface area contributed by atoms with E-state index >= 15 is 0 Å². The number of hydrogen-bond donors (Lipinski definition) is 0. The molecule has 1 nitrogen and oxygen atoms in total. The van der Waals surface area contributed by atoms with E-state index in [0.29, 0.717) is 5.92 Å². The van der Waals surface area contributed by atoms with Gasteiger partial charge in [0.15, 0.2) is 0 Å². The predicted molar refractivity (Wildman–Crippen MR) is 85.7 cm³/mol. The van der Waals surface area contributed by atoms with Crippen molar-refractivity contribution in [3.05, 3.63) is 61.3 Å². The average Bonchev–Trinajstić information content (AvgIpc) is 2.52. The molecule has 19 heavy (non-hydrogen) atoms. The van der Waals surface area contributed by atoms with Gasteiger partial charge in [-0.05, 0) is 64.0 Å². The highest BCUT2D eigenvalue weighted by Gasteiger charge is 2.23. The summed E-state index contributed by atoms with van der Waals surface area (Å²) in [6.45, 7) is 4.41. The SMILES string of the molecule is Cc1ccc2c(c1Br)CCc1cc(Br)cnc1[C@H]2C. The Hall–Kier alpha value is -0.670. The first kappa shape index (κ1) is 13.3. The van der Waals surface area contributed by atoms with Crippen LogP contribution in [0, 0.1) is 6.92 Å². The highest BCUT2D eigenvalue weighted by molar-refractivity contribution is 9.10. The van der Waals surface area contributed by atoms with Gasteiger partial charge in [0.25, 0.3) is 0 Å². The Morgan fingerprint density at radius 3 is 2.79 bits per heavy atom. The molecule has 1 aromatic carbocycles. The third kappa shape index (κ3) is 2.27. The number of halogens is 2. The zero-order chi connectivity index (χ0) is 13.6. The van der Waals surface area contributed by atoms with Crippen LogP contribution in [-0.2, 0) is 12.8 Å². The van der Waals surface area contributed by atoms with Gasteiger partial charge in [0.05, 0.1) is 5.69 Å². The Morgan fingerprint density at radius 1 is 1.21 bits per heavy atom. The summed E-state index contributed by atoms with van der Waals surface area (Å²) in [6.07, 6.45) is 4.04. The second kappa shape index (κ2) is 5.02. The van der Waals surface area contributed by atoms with Crippen LogP contribution in [0.5, 0.6) is 0 Å². The fourth-order valence-corrected chi connectivity index (χ4v) is 3.84. The molecule has 0 saturated heterocycles. The van der Waals surface area contributed by atoms with E-state index < -0.39 is 0 Å². The van der Waals surface area contributed by atoms with Gasteiger partial charge in [-0.15, -0.1) is 0 Å². The van der Waals surface area contributed by atoms with Gasteiger partial charge in [-0.1, -0.05) is 35.0 Å². The van der Waals surface area contributed by atoms with Gasteiger partial charge >= 0.3 is 0 Å². The van der Waals surface area contributed by atoms with Gasteiger partial charge in [0.2, 0.25) is 0 Å². The lowest BCUT2D eigenvalue weighted by Crippen LogP contribution is -2.03. The third-order valence-electron chi connectivity index (χ3n) is 3.96. The van der Waals surface area contributed by atoms with Gasteiger partial charge in [0, 0.05) is 21.1 Å². The fourth-order valence-electron chi connectivity index (χ4n) is 2.90. The molecular formula is C16H15Br2N. The molecular weight excluding hydrogens is 366 g/mol. The Kier molecular flexibility index (Phi) is 3.52. The zero-order valence-corrected chi connectivity index (χ0v) is 14.2.